The highest BCUT2D eigenvalue weighted by Crippen LogP contribution is 2.30. The molecule has 0 fully saturated rings. The van der Waals surface area contributed by atoms with E-state index in [0.717, 1.165) is 33.7 Å². The van der Waals surface area contributed by atoms with Gasteiger partial charge in [0.15, 0.2) is 0 Å². The van der Waals surface area contributed by atoms with Crippen LogP contribution in [0.25, 0.3) is 0 Å². The van der Waals surface area contributed by atoms with Crippen LogP contribution in [-0.2, 0) is 11.2 Å². The molecule has 1 aromatic carbocycles. The Balaban J connectivity index is 2.35. The van der Waals surface area contributed by atoms with Crippen LogP contribution in [0, 0.1) is 6.92 Å². The molecule has 24 heavy (non-hydrogen) atoms. The zero-order valence-electron chi connectivity index (χ0n) is 14.1. The van der Waals surface area contributed by atoms with Gasteiger partial charge >= 0.3 is 0 Å². The Morgan fingerprint density at radius 3 is 2.58 bits per heavy atom. The number of thiophene rings is 1. The molecule has 3 nitrogen and oxygen atoms in total. The number of nitrogens with zero attached hydrogens (tertiary/aromatic N) is 1. The van der Waals surface area contributed by atoms with E-state index in [0.29, 0.717) is 10.7 Å². The molecule has 2 rings (SSSR count). The zero-order chi connectivity index (χ0) is 17.7. The summed E-state index contributed by atoms with van der Waals surface area (Å²) in [7, 11) is 1.87. The quantitative estimate of drug-likeness (QED) is 0.712. The average molecular weight is 361 g/mol. The maximum atomic E-state index is 12.5. The Morgan fingerprint density at radius 1 is 1.33 bits per heavy atom. The molecule has 1 amide bonds. The number of carbonyl (C=O) groups excluding carboxylic acids is 1. The first kappa shape index (κ1) is 18.4. The van der Waals surface area contributed by atoms with Crippen molar-refractivity contribution in [1.82, 2.24) is 0 Å². The number of hydrogen-bond acceptors (Lipinski definition) is 3. The lowest BCUT2D eigenvalue weighted by molar-refractivity contribution is -0.117. The first-order valence-corrected chi connectivity index (χ1v) is 9.02. The normalized spacial score (nSPS) is 11.4. The fourth-order valence-corrected chi connectivity index (χ4v) is 3.37. The highest BCUT2D eigenvalue weighted by Gasteiger charge is 2.17. The Morgan fingerprint density at radius 2 is 2.00 bits per heavy atom. The van der Waals surface area contributed by atoms with E-state index >= 15 is 0 Å². The van der Waals surface area contributed by atoms with Gasteiger partial charge < -0.3 is 5.32 Å². The maximum Gasteiger partial charge on any atom is 0.250 e. The van der Waals surface area contributed by atoms with Crippen molar-refractivity contribution in [2.75, 3.05) is 12.4 Å². The van der Waals surface area contributed by atoms with E-state index in [1.165, 1.54) is 0 Å². The van der Waals surface area contributed by atoms with Crippen LogP contribution >= 0.6 is 22.9 Å². The summed E-state index contributed by atoms with van der Waals surface area (Å²) < 4.78 is 0. The molecule has 0 unspecified atom stereocenters. The van der Waals surface area contributed by atoms with E-state index < -0.39 is 0 Å². The van der Waals surface area contributed by atoms with E-state index in [1.54, 1.807) is 23.5 Å². The van der Waals surface area contributed by atoms with Gasteiger partial charge in [0.05, 0.1) is 17.1 Å². The van der Waals surface area contributed by atoms with Gasteiger partial charge in [-0.25, -0.2) is 4.99 Å². The summed E-state index contributed by atoms with van der Waals surface area (Å²) in [6.45, 7) is 8.13. The first-order valence-electron chi connectivity index (χ1n) is 7.76. The van der Waals surface area contributed by atoms with E-state index in [9.17, 15) is 4.79 Å². The number of nitrogens with one attached hydrogen (secondary N) is 1. The number of aliphatic imine (C=N–C) groups is 1. The largest absolute Gasteiger partial charge is 0.379 e. The number of anilines is 1. The van der Waals surface area contributed by atoms with Crippen molar-refractivity contribution in [2.24, 2.45) is 4.99 Å². The van der Waals surface area contributed by atoms with E-state index in [2.05, 4.69) is 22.3 Å². The van der Waals surface area contributed by atoms with Crippen molar-refractivity contribution in [1.29, 1.82) is 0 Å². The molecule has 1 heterocycles. The van der Waals surface area contributed by atoms with Gasteiger partial charge in [0, 0.05) is 17.6 Å². The number of aryl methyl sites for hydroxylation is 1. The Kier molecular flexibility index (Phi) is 6.35. The predicted molar refractivity (Wildman–Crippen MR) is 105 cm³/mol. The van der Waals surface area contributed by atoms with Crippen LogP contribution < -0.4 is 5.32 Å². The van der Waals surface area contributed by atoms with E-state index in [4.69, 9.17) is 11.6 Å². The molecule has 0 aliphatic rings. The van der Waals surface area contributed by atoms with Crippen molar-refractivity contribution in [2.45, 2.75) is 26.7 Å². The smallest absolute Gasteiger partial charge is 0.250 e. The van der Waals surface area contributed by atoms with Crippen LogP contribution in [0.1, 0.15) is 30.0 Å². The third-order valence-corrected chi connectivity index (χ3v) is 5.07. The van der Waals surface area contributed by atoms with Gasteiger partial charge in [-0.05, 0) is 47.6 Å². The monoisotopic (exact) mass is 360 g/mol. The van der Waals surface area contributed by atoms with Crippen LogP contribution in [0.15, 0.2) is 46.8 Å². The van der Waals surface area contributed by atoms with Gasteiger partial charge in [0.1, 0.15) is 0 Å². The minimum absolute atomic E-state index is 0.186. The standard InChI is InChI=1S/C19H21ClN2OS/c1-5-12(2)18(17-13(3)11-24-19(17)21-4)22-16(23)10-14-6-8-15(20)9-7-14/h6-9,11,21H,2,5,10H2,1,3-4H3. The summed E-state index contributed by atoms with van der Waals surface area (Å²) in [4.78, 5) is 16.8. The second-order valence-electron chi connectivity index (χ2n) is 5.49. The summed E-state index contributed by atoms with van der Waals surface area (Å²) in [5.41, 5.74) is 4.50. The topological polar surface area (TPSA) is 41.5 Å². The van der Waals surface area contributed by atoms with Gasteiger partial charge in [-0.15, -0.1) is 11.3 Å². The Bertz CT molecular complexity index is 775. The molecule has 0 spiro atoms. The Hall–Kier alpha value is -1.91. The van der Waals surface area contributed by atoms with Crippen molar-refractivity contribution in [3.05, 3.63) is 63.5 Å². The number of rotatable bonds is 6. The number of benzene rings is 1. The van der Waals surface area contributed by atoms with Crippen molar-refractivity contribution in [3.8, 4) is 0 Å². The zero-order valence-corrected chi connectivity index (χ0v) is 15.7. The molecule has 5 heteroatoms. The molecule has 0 radical (unpaired) electrons. The summed E-state index contributed by atoms with van der Waals surface area (Å²) in [6, 6.07) is 7.25. The third-order valence-electron chi connectivity index (χ3n) is 3.71. The van der Waals surface area contributed by atoms with Crippen molar-refractivity contribution >= 4 is 39.6 Å². The molecular weight excluding hydrogens is 340 g/mol. The molecule has 1 aromatic heterocycles. The molecule has 2 aromatic rings. The minimum Gasteiger partial charge on any atom is -0.379 e. The fraction of sp³-hybridized carbons (Fsp3) is 0.263. The molecular formula is C19H21ClN2OS. The first-order chi connectivity index (χ1) is 11.5. The lowest BCUT2D eigenvalue weighted by Gasteiger charge is -2.11. The van der Waals surface area contributed by atoms with Gasteiger partial charge in [0.2, 0.25) is 0 Å². The van der Waals surface area contributed by atoms with Crippen LogP contribution in [0.3, 0.4) is 0 Å². The molecule has 0 atom stereocenters. The summed E-state index contributed by atoms with van der Waals surface area (Å²) in [5.74, 6) is -0.186. The van der Waals surface area contributed by atoms with Crippen molar-refractivity contribution < 1.29 is 4.79 Å². The summed E-state index contributed by atoms with van der Waals surface area (Å²) in [5, 5.41) is 6.89. The van der Waals surface area contributed by atoms with Crippen molar-refractivity contribution in [3.63, 3.8) is 0 Å². The second kappa shape index (κ2) is 8.27. The van der Waals surface area contributed by atoms with Crippen LogP contribution in [0.2, 0.25) is 5.02 Å². The highest BCUT2D eigenvalue weighted by molar-refractivity contribution is 7.14. The number of carbonyl (C=O) groups is 1. The number of allylic oxidation sites excluding steroid dienone is 1. The second-order valence-corrected chi connectivity index (χ2v) is 6.80. The molecule has 0 saturated heterocycles. The summed E-state index contributed by atoms with van der Waals surface area (Å²) in [6.07, 6.45) is 0.987. The van der Waals surface area contributed by atoms with Gasteiger partial charge in [-0.2, -0.15) is 0 Å². The van der Waals surface area contributed by atoms with Gasteiger partial charge in [-0.3, -0.25) is 4.79 Å². The molecule has 0 bridgehead atoms. The molecule has 0 aliphatic carbocycles. The lowest BCUT2D eigenvalue weighted by atomic mass is 10.0. The molecule has 1 N–H and O–H groups in total. The highest BCUT2D eigenvalue weighted by atomic mass is 35.5. The SMILES string of the molecule is C=C(CC)C(=NC(=O)Cc1ccc(Cl)cc1)c1c(C)csc1NC. The van der Waals surface area contributed by atoms with Crippen LogP contribution in [0.4, 0.5) is 5.00 Å². The van der Waals surface area contributed by atoms with E-state index in [-0.39, 0.29) is 12.3 Å². The molecule has 126 valence electrons. The molecule has 0 saturated carbocycles. The Labute approximate surface area is 152 Å². The van der Waals surface area contributed by atoms with E-state index in [1.807, 2.05) is 33.0 Å². The molecule has 0 aliphatic heterocycles. The lowest BCUT2D eigenvalue weighted by Crippen LogP contribution is -2.11. The number of hydrogen-bond donors (Lipinski definition) is 1. The third kappa shape index (κ3) is 4.34. The summed E-state index contributed by atoms with van der Waals surface area (Å²) >= 11 is 7.49. The number of amides is 1. The predicted octanol–water partition coefficient (Wildman–Crippen LogP) is 5.28. The fourth-order valence-electron chi connectivity index (χ4n) is 2.34. The average Bonchev–Trinajstić information content (AvgIpc) is 2.94. The van der Waals surface area contributed by atoms with Crippen LogP contribution in [0.5, 0.6) is 0 Å². The number of halogens is 1. The van der Waals surface area contributed by atoms with Gasteiger partial charge in [-0.1, -0.05) is 37.2 Å². The van der Waals surface area contributed by atoms with Gasteiger partial charge in [0.25, 0.3) is 5.91 Å². The van der Waals surface area contributed by atoms with Crippen LogP contribution in [-0.4, -0.2) is 18.7 Å². The maximum absolute atomic E-state index is 12.5. The minimum atomic E-state index is -0.186.